The molecule has 1 N–H and O–H groups in total. The molecule has 2 heterocycles. The second kappa shape index (κ2) is 3.86. The zero-order valence-corrected chi connectivity index (χ0v) is 11.0. The summed E-state index contributed by atoms with van der Waals surface area (Å²) in [5.74, 6) is 0.923. The average Bonchev–Trinajstić information content (AvgIpc) is 2.44. The first kappa shape index (κ1) is 11.1. The zero-order chi connectivity index (χ0) is 11.1. The smallest absolute Gasteiger partial charge is 0.145 e. The van der Waals surface area contributed by atoms with Gasteiger partial charge in [0.05, 0.1) is 15.2 Å². The molecule has 1 aromatic heterocycles. The third kappa shape index (κ3) is 1.82. The molecule has 2 rings (SSSR count). The lowest BCUT2D eigenvalue weighted by molar-refractivity contribution is 0.127. The van der Waals surface area contributed by atoms with E-state index in [2.05, 4.69) is 37.5 Å². The fraction of sp³-hybridized carbons (Fsp3) is 0.600. The van der Waals surface area contributed by atoms with Crippen molar-refractivity contribution in [3.05, 3.63) is 16.1 Å². The van der Waals surface area contributed by atoms with Crippen molar-refractivity contribution in [2.24, 2.45) is 0 Å². The van der Waals surface area contributed by atoms with Crippen LogP contribution in [-0.2, 0) is 0 Å². The summed E-state index contributed by atoms with van der Waals surface area (Å²) in [5.41, 5.74) is -0.242. The van der Waals surface area contributed by atoms with Gasteiger partial charge in [-0.2, -0.15) is 0 Å². The second-order valence-electron chi connectivity index (χ2n) is 4.30. The van der Waals surface area contributed by atoms with Gasteiger partial charge in [0.25, 0.3) is 0 Å². The molecular formula is C10H14IN3O. The highest BCUT2D eigenvalue weighted by atomic mass is 127. The topological polar surface area (TPSA) is 49.2 Å². The molecule has 4 nitrogen and oxygen atoms in total. The van der Waals surface area contributed by atoms with Crippen LogP contribution in [0.3, 0.4) is 0 Å². The van der Waals surface area contributed by atoms with Gasteiger partial charge in [0, 0.05) is 12.7 Å². The van der Waals surface area contributed by atoms with Crippen molar-refractivity contribution in [1.29, 1.82) is 0 Å². The predicted octanol–water partition coefficient (Wildman–Crippen LogP) is 1.43. The Morgan fingerprint density at radius 1 is 1.60 bits per heavy atom. The first-order chi connectivity index (χ1) is 7.03. The first-order valence-electron chi connectivity index (χ1n) is 4.94. The lowest BCUT2D eigenvalue weighted by atomic mass is 9.99. The minimum Gasteiger partial charge on any atom is -0.391 e. The van der Waals surface area contributed by atoms with Gasteiger partial charge < -0.3 is 10.0 Å². The van der Waals surface area contributed by atoms with Gasteiger partial charge in [-0.05, 0) is 42.9 Å². The van der Waals surface area contributed by atoms with Gasteiger partial charge in [-0.3, -0.25) is 0 Å². The van der Waals surface area contributed by atoms with Crippen LogP contribution >= 0.6 is 22.6 Å². The van der Waals surface area contributed by atoms with Gasteiger partial charge in [-0.25, -0.2) is 9.97 Å². The number of nitrogens with zero attached hydrogens (tertiary/aromatic N) is 3. The maximum absolute atomic E-state index is 9.89. The molecular weight excluding hydrogens is 305 g/mol. The minimum absolute atomic E-state index is 0.242. The van der Waals surface area contributed by atoms with Crippen LogP contribution in [0.2, 0.25) is 0 Å². The quantitative estimate of drug-likeness (QED) is 0.796. The van der Waals surface area contributed by atoms with Crippen molar-refractivity contribution in [3.8, 4) is 0 Å². The van der Waals surface area contributed by atoms with Crippen molar-refractivity contribution >= 4 is 28.4 Å². The van der Waals surface area contributed by atoms with Crippen LogP contribution in [-0.4, -0.2) is 33.3 Å². The van der Waals surface area contributed by atoms with E-state index in [1.54, 1.807) is 12.5 Å². The highest BCUT2D eigenvalue weighted by Gasteiger charge is 2.41. The molecule has 5 heteroatoms. The van der Waals surface area contributed by atoms with Gasteiger partial charge in [0.15, 0.2) is 0 Å². The molecule has 1 atom stereocenters. The Labute approximate surface area is 103 Å². The van der Waals surface area contributed by atoms with E-state index in [4.69, 9.17) is 0 Å². The monoisotopic (exact) mass is 319 g/mol. The molecule has 15 heavy (non-hydrogen) atoms. The summed E-state index contributed by atoms with van der Waals surface area (Å²) >= 11 is 2.23. The van der Waals surface area contributed by atoms with E-state index in [0.717, 1.165) is 22.4 Å². The van der Waals surface area contributed by atoms with E-state index in [0.29, 0.717) is 0 Å². The number of rotatable bonds is 1. The van der Waals surface area contributed by atoms with Crippen LogP contribution in [0.5, 0.6) is 0 Å². The van der Waals surface area contributed by atoms with Crippen LogP contribution < -0.4 is 4.90 Å². The predicted molar refractivity (Wildman–Crippen MR) is 66.8 cm³/mol. The van der Waals surface area contributed by atoms with Crippen molar-refractivity contribution < 1.29 is 5.11 Å². The Morgan fingerprint density at radius 2 is 2.33 bits per heavy atom. The van der Waals surface area contributed by atoms with Crippen LogP contribution in [0, 0.1) is 3.57 Å². The summed E-state index contributed by atoms with van der Waals surface area (Å²) in [6.45, 7) is 4.94. The molecule has 0 aliphatic carbocycles. The van der Waals surface area contributed by atoms with Crippen LogP contribution in [0.15, 0.2) is 12.5 Å². The molecule has 1 aliphatic heterocycles. The fourth-order valence-electron chi connectivity index (χ4n) is 1.96. The van der Waals surface area contributed by atoms with E-state index in [9.17, 15) is 5.11 Å². The summed E-state index contributed by atoms with van der Waals surface area (Å²) in [4.78, 5) is 10.4. The number of aromatic nitrogens is 2. The Morgan fingerprint density at radius 3 is 2.87 bits per heavy atom. The summed E-state index contributed by atoms with van der Waals surface area (Å²) in [7, 11) is 0. The van der Waals surface area contributed by atoms with Crippen molar-refractivity contribution in [2.45, 2.75) is 31.9 Å². The van der Waals surface area contributed by atoms with Crippen LogP contribution in [0.4, 0.5) is 5.82 Å². The average molecular weight is 319 g/mol. The van der Waals surface area contributed by atoms with Gasteiger partial charge in [0.2, 0.25) is 0 Å². The van der Waals surface area contributed by atoms with Crippen molar-refractivity contribution in [1.82, 2.24) is 9.97 Å². The minimum atomic E-state index is -0.289. The van der Waals surface area contributed by atoms with Crippen molar-refractivity contribution in [2.75, 3.05) is 11.4 Å². The first-order valence-corrected chi connectivity index (χ1v) is 6.02. The lowest BCUT2D eigenvalue weighted by Crippen LogP contribution is -2.45. The molecule has 0 spiro atoms. The highest BCUT2D eigenvalue weighted by molar-refractivity contribution is 14.1. The van der Waals surface area contributed by atoms with Gasteiger partial charge in [0.1, 0.15) is 12.1 Å². The SMILES string of the molecule is CC1(C)C(O)CCN1c1ncncc1I. The summed E-state index contributed by atoms with van der Waals surface area (Å²) in [6.07, 6.45) is 3.86. The molecule has 0 amide bonds. The maximum Gasteiger partial charge on any atom is 0.145 e. The largest absolute Gasteiger partial charge is 0.391 e. The molecule has 1 saturated heterocycles. The van der Waals surface area contributed by atoms with Gasteiger partial charge in [-0.1, -0.05) is 0 Å². The van der Waals surface area contributed by atoms with Crippen LogP contribution in [0.25, 0.3) is 0 Å². The van der Waals surface area contributed by atoms with Gasteiger partial charge in [-0.15, -0.1) is 0 Å². The Hall–Kier alpha value is -0.430. The number of hydrogen-bond acceptors (Lipinski definition) is 4. The number of aliphatic hydroxyl groups excluding tert-OH is 1. The number of aliphatic hydroxyl groups is 1. The lowest BCUT2D eigenvalue weighted by Gasteiger charge is -2.35. The molecule has 82 valence electrons. The Kier molecular flexibility index (Phi) is 2.85. The highest BCUT2D eigenvalue weighted by Crippen LogP contribution is 2.34. The molecule has 1 aromatic rings. The Balaban J connectivity index is 2.37. The fourth-order valence-corrected chi connectivity index (χ4v) is 2.55. The van der Waals surface area contributed by atoms with E-state index in [-0.39, 0.29) is 11.6 Å². The Bertz CT molecular complexity index is 369. The van der Waals surface area contributed by atoms with E-state index in [1.807, 2.05) is 13.8 Å². The maximum atomic E-state index is 9.89. The van der Waals surface area contributed by atoms with Crippen LogP contribution in [0.1, 0.15) is 20.3 Å². The molecule has 0 aromatic carbocycles. The molecule has 0 bridgehead atoms. The van der Waals surface area contributed by atoms with Gasteiger partial charge >= 0.3 is 0 Å². The van der Waals surface area contributed by atoms with Crippen molar-refractivity contribution in [3.63, 3.8) is 0 Å². The van der Waals surface area contributed by atoms with E-state index >= 15 is 0 Å². The molecule has 1 aliphatic rings. The normalized spacial score (nSPS) is 24.5. The number of anilines is 1. The zero-order valence-electron chi connectivity index (χ0n) is 8.81. The standard InChI is InChI=1S/C10H14IN3O/c1-10(2)8(15)3-4-14(10)9-7(11)5-12-6-13-9/h5-6,8,15H,3-4H2,1-2H3. The molecule has 0 saturated carbocycles. The summed E-state index contributed by atoms with van der Waals surface area (Å²) in [6, 6.07) is 0. The third-order valence-electron chi connectivity index (χ3n) is 3.04. The van der Waals surface area contributed by atoms with E-state index < -0.39 is 0 Å². The summed E-state index contributed by atoms with van der Waals surface area (Å²) < 4.78 is 1.03. The second-order valence-corrected chi connectivity index (χ2v) is 5.47. The number of hydrogen-bond donors (Lipinski definition) is 1. The summed E-state index contributed by atoms with van der Waals surface area (Å²) in [5, 5.41) is 9.89. The molecule has 1 fully saturated rings. The third-order valence-corrected chi connectivity index (χ3v) is 3.80. The molecule has 0 radical (unpaired) electrons. The number of halogens is 1. The van der Waals surface area contributed by atoms with E-state index in [1.165, 1.54) is 0 Å². The molecule has 1 unspecified atom stereocenters.